The largest absolute Gasteiger partial charge is 0.338 e. The summed E-state index contributed by atoms with van der Waals surface area (Å²) in [5, 5.41) is 2.54. The molecule has 0 spiro atoms. The lowest BCUT2D eigenvalue weighted by Gasteiger charge is -2.12. The topological polar surface area (TPSA) is 10.4 Å². The van der Waals surface area contributed by atoms with Crippen molar-refractivity contribution in [3.63, 3.8) is 0 Å². The Morgan fingerprint density at radius 1 is 0.968 bits per heavy atom. The van der Waals surface area contributed by atoms with Crippen LogP contribution in [0.5, 0.6) is 0 Å². The number of benzene rings is 2. The van der Waals surface area contributed by atoms with Crippen molar-refractivity contribution in [3.05, 3.63) is 95.7 Å². The average molecular weight is 429 g/mol. The second-order valence-electron chi connectivity index (χ2n) is 8.02. The lowest BCUT2D eigenvalue weighted by atomic mass is 10.1. The molecule has 0 radical (unpaired) electrons. The van der Waals surface area contributed by atoms with Gasteiger partial charge in [0.05, 0.1) is 16.1 Å². The fraction of sp³-hybridized carbons (Fsp3) is 0.222. The molecular formula is C27H30N3S+. The fourth-order valence-electron chi connectivity index (χ4n) is 3.83. The van der Waals surface area contributed by atoms with Gasteiger partial charge in [-0.05, 0) is 43.9 Å². The predicted molar refractivity (Wildman–Crippen MR) is 134 cm³/mol. The summed E-state index contributed by atoms with van der Waals surface area (Å²) in [4.78, 5) is 5.80. The molecular weight excluding hydrogens is 398 g/mol. The van der Waals surface area contributed by atoms with Gasteiger partial charge in [0.1, 0.15) is 6.54 Å². The lowest BCUT2D eigenvalue weighted by Crippen LogP contribution is -2.35. The zero-order chi connectivity index (χ0) is 21.6. The molecule has 158 valence electrons. The van der Waals surface area contributed by atoms with E-state index in [1.54, 1.807) is 0 Å². The van der Waals surface area contributed by atoms with E-state index in [4.69, 9.17) is 0 Å². The van der Waals surface area contributed by atoms with Crippen LogP contribution in [-0.4, -0.2) is 32.6 Å². The molecule has 0 aliphatic carbocycles. The van der Waals surface area contributed by atoms with Gasteiger partial charge >= 0.3 is 0 Å². The quantitative estimate of drug-likeness (QED) is 0.352. The van der Waals surface area contributed by atoms with Crippen LogP contribution in [0.2, 0.25) is 0 Å². The van der Waals surface area contributed by atoms with Gasteiger partial charge in [-0.15, -0.1) is 0 Å². The van der Waals surface area contributed by atoms with E-state index >= 15 is 0 Å². The number of pyridine rings is 1. The van der Waals surface area contributed by atoms with E-state index in [1.165, 1.54) is 32.1 Å². The number of aromatic nitrogens is 1. The van der Waals surface area contributed by atoms with Crippen LogP contribution in [-0.2, 0) is 6.54 Å². The lowest BCUT2D eigenvalue weighted by molar-refractivity contribution is -0.671. The van der Waals surface area contributed by atoms with Crippen LogP contribution >= 0.6 is 11.8 Å². The van der Waals surface area contributed by atoms with Crippen LogP contribution in [0.25, 0.3) is 17.0 Å². The van der Waals surface area contributed by atoms with Crippen molar-refractivity contribution in [3.8, 4) is 0 Å². The molecule has 3 aromatic rings. The summed E-state index contributed by atoms with van der Waals surface area (Å²) >= 11 is 1.82. The van der Waals surface area contributed by atoms with Gasteiger partial charge in [-0.25, -0.2) is 0 Å². The van der Waals surface area contributed by atoms with Gasteiger partial charge in [0.25, 0.3) is 0 Å². The van der Waals surface area contributed by atoms with E-state index in [0.29, 0.717) is 0 Å². The van der Waals surface area contributed by atoms with E-state index in [0.717, 1.165) is 19.5 Å². The van der Waals surface area contributed by atoms with Crippen LogP contribution in [0.4, 0.5) is 5.69 Å². The summed E-state index contributed by atoms with van der Waals surface area (Å²) in [5.41, 5.74) is 3.81. The Labute approximate surface area is 190 Å². The van der Waals surface area contributed by atoms with Crippen molar-refractivity contribution >= 4 is 34.4 Å². The maximum atomic E-state index is 2.36. The third-order valence-corrected chi connectivity index (χ3v) is 6.66. The van der Waals surface area contributed by atoms with Gasteiger partial charge in [0, 0.05) is 37.0 Å². The highest BCUT2D eigenvalue weighted by molar-refractivity contribution is 8.03. The molecule has 4 rings (SSSR count). The Morgan fingerprint density at radius 2 is 1.77 bits per heavy atom. The summed E-state index contributed by atoms with van der Waals surface area (Å²) in [5.74, 6) is 0. The van der Waals surface area contributed by atoms with Crippen LogP contribution in [0.15, 0.2) is 95.0 Å². The maximum absolute atomic E-state index is 2.36. The Bertz CT molecular complexity index is 1140. The van der Waals surface area contributed by atoms with Crippen molar-refractivity contribution in [2.45, 2.75) is 17.9 Å². The molecule has 0 saturated carbocycles. The number of allylic oxidation sites excluding steroid dienone is 4. The molecule has 4 heteroatoms. The average Bonchev–Trinajstić information content (AvgIpc) is 3.10. The molecule has 0 amide bonds. The highest BCUT2D eigenvalue weighted by Gasteiger charge is 2.20. The number of anilines is 1. The van der Waals surface area contributed by atoms with Crippen molar-refractivity contribution in [2.24, 2.45) is 0 Å². The number of aryl methyl sites for hydroxylation is 1. The molecule has 0 N–H and O–H groups in total. The molecule has 0 bridgehead atoms. The molecule has 31 heavy (non-hydrogen) atoms. The van der Waals surface area contributed by atoms with Crippen molar-refractivity contribution < 1.29 is 4.57 Å². The normalized spacial score (nSPS) is 15.2. The summed E-state index contributed by atoms with van der Waals surface area (Å²) in [6, 6.07) is 19.4. The summed E-state index contributed by atoms with van der Waals surface area (Å²) in [6.45, 7) is 2.13. The SMILES string of the molecule is CN(C)CCC[n+]1ccc(\C=C/C=C/C=C2/Sc3ccccc3N2C)c2ccccc21. The Kier molecular flexibility index (Phi) is 6.90. The van der Waals surface area contributed by atoms with Gasteiger partial charge in [0.2, 0.25) is 5.52 Å². The molecule has 0 unspecified atom stereocenters. The van der Waals surface area contributed by atoms with E-state index in [9.17, 15) is 0 Å². The van der Waals surface area contributed by atoms with Crippen LogP contribution in [0, 0.1) is 0 Å². The van der Waals surface area contributed by atoms with Gasteiger partial charge in [-0.1, -0.05) is 60.3 Å². The Balaban J connectivity index is 1.46. The monoisotopic (exact) mass is 428 g/mol. The first-order chi connectivity index (χ1) is 15.1. The van der Waals surface area contributed by atoms with Gasteiger partial charge in [-0.3, -0.25) is 0 Å². The standard InChI is InChI=1S/C27H30N3S/c1-28(2)19-11-20-30-21-18-22(23-13-7-8-14-24(23)30)12-5-4-6-17-27-29(3)25-15-9-10-16-26(25)31-27/h4-10,12-18,21H,11,19-20H2,1-3H3/q+1. The minimum absolute atomic E-state index is 1.03. The number of hydrogen-bond acceptors (Lipinski definition) is 3. The zero-order valence-corrected chi connectivity index (χ0v) is 19.3. The highest BCUT2D eigenvalue weighted by Crippen LogP contribution is 2.44. The Hall–Kier alpha value is -2.82. The molecule has 0 saturated heterocycles. The highest BCUT2D eigenvalue weighted by atomic mass is 32.2. The fourth-order valence-corrected chi connectivity index (χ4v) is 4.90. The molecule has 1 aliphatic rings. The first-order valence-corrected chi connectivity index (χ1v) is 11.6. The van der Waals surface area contributed by atoms with Crippen LogP contribution in [0.3, 0.4) is 0 Å². The maximum Gasteiger partial charge on any atom is 0.213 e. The number of fused-ring (bicyclic) bond motifs is 2. The summed E-state index contributed by atoms with van der Waals surface area (Å²) in [7, 11) is 6.38. The predicted octanol–water partition coefficient (Wildman–Crippen LogP) is 5.73. The van der Waals surface area contributed by atoms with E-state index in [2.05, 4.69) is 127 Å². The molecule has 2 aromatic carbocycles. The molecule has 0 atom stereocenters. The van der Waals surface area contributed by atoms with Crippen LogP contribution < -0.4 is 9.47 Å². The third kappa shape index (κ3) is 5.09. The number of rotatable bonds is 7. The number of nitrogens with zero attached hydrogens (tertiary/aromatic N) is 3. The van der Waals surface area contributed by atoms with E-state index in [1.807, 2.05) is 11.8 Å². The van der Waals surface area contributed by atoms with E-state index in [-0.39, 0.29) is 0 Å². The Morgan fingerprint density at radius 3 is 2.61 bits per heavy atom. The second kappa shape index (κ2) is 9.99. The molecule has 1 aliphatic heterocycles. The van der Waals surface area contributed by atoms with Crippen LogP contribution in [0.1, 0.15) is 12.0 Å². The molecule has 1 aromatic heterocycles. The first-order valence-electron chi connectivity index (χ1n) is 10.7. The van der Waals surface area contributed by atoms with Crippen molar-refractivity contribution in [1.29, 1.82) is 0 Å². The molecule has 0 fully saturated rings. The van der Waals surface area contributed by atoms with Gasteiger partial charge < -0.3 is 9.80 Å². The smallest absolute Gasteiger partial charge is 0.213 e. The zero-order valence-electron chi connectivity index (χ0n) is 18.5. The number of thioether (sulfide) groups is 1. The molecule has 3 nitrogen and oxygen atoms in total. The summed E-state index contributed by atoms with van der Waals surface area (Å²) < 4.78 is 2.36. The summed E-state index contributed by atoms with van der Waals surface area (Å²) in [6.07, 6.45) is 14.1. The minimum atomic E-state index is 1.03. The molecule has 2 heterocycles. The minimum Gasteiger partial charge on any atom is -0.338 e. The second-order valence-corrected chi connectivity index (χ2v) is 9.08. The van der Waals surface area contributed by atoms with Crippen molar-refractivity contribution in [2.75, 3.05) is 32.6 Å². The van der Waals surface area contributed by atoms with Gasteiger partial charge in [-0.2, -0.15) is 4.57 Å². The number of hydrogen-bond donors (Lipinski definition) is 0. The van der Waals surface area contributed by atoms with Gasteiger partial charge in [0.15, 0.2) is 6.20 Å². The van der Waals surface area contributed by atoms with Crippen molar-refractivity contribution in [1.82, 2.24) is 4.90 Å². The third-order valence-electron chi connectivity index (χ3n) is 5.47. The van der Waals surface area contributed by atoms with E-state index < -0.39 is 0 Å². The first kappa shape index (κ1) is 21.4. The number of para-hydroxylation sites is 2.